The molecule has 1 heterocycles. The summed E-state index contributed by atoms with van der Waals surface area (Å²) in [5.74, 6) is 0.931. The van der Waals surface area contributed by atoms with E-state index in [0.29, 0.717) is 6.10 Å². The van der Waals surface area contributed by atoms with Crippen LogP contribution in [0.1, 0.15) is 12.8 Å². The fourth-order valence-electron chi connectivity index (χ4n) is 1.23. The predicted molar refractivity (Wildman–Crippen MR) is 64.9 cm³/mol. The van der Waals surface area contributed by atoms with Gasteiger partial charge in [-0.1, -0.05) is 0 Å². The van der Waals surface area contributed by atoms with Crippen molar-refractivity contribution in [3.05, 3.63) is 16.0 Å². The van der Waals surface area contributed by atoms with Gasteiger partial charge in [-0.15, -0.1) is 0 Å². The first kappa shape index (κ1) is 10.0. The van der Waals surface area contributed by atoms with Crippen molar-refractivity contribution in [1.29, 1.82) is 0 Å². The van der Waals surface area contributed by atoms with Crippen molar-refractivity contribution in [2.75, 3.05) is 19.0 Å². The van der Waals surface area contributed by atoms with Crippen LogP contribution in [0, 0.1) is 3.70 Å². The number of hydrogen-bond donors (Lipinski definition) is 0. The van der Waals surface area contributed by atoms with Gasteiger partial charge in [-0.25, -0.2) is 4.98 Å². The van der Waals surface area contributed by atoms with Crippen molar-refractivity contribution in [2.45, 2.75) is 18.9 Å². The molecule has 1 aromatic rings. The Balaban J connectivity index is 2.31. The van der Waals surface area contributed by atoms with Crippen molar-refractivity contribution >= 4 is 28.3 Å². The molecule has 0 unspecified atom stereocenters. The summed E-state index contributed by atoms with van der Waals surface area (Å²) in [7, 11) is 4.04. The lowest BCUT2D eigenvalue weighted by Gasteiger charge is -2.18. The van der Waals surface area contributed by atoms with Crippen LogP contribution in [0.4, 0.5) is 5.69 Å². The summed E-state index contributed by atoms with van der Waals surface area (Å²) in [5.41, 5.74) is 1.11. The Hall–Kier alpha value is -0.520. The lowest BCUT2D eigenvalue weighted by Crippen LogP contribution is -2.12. The second kappa shape index (κ2) is 3.92. The van der Waals surface area contributed by atoms with Gasteiger partial charge in [-0.05, 0) is 41.5 Å². The largest absolute Gasteiger partial charge is 0.485 e. The van der Waals surface area contributed by atoms with E-state index >= 15 is 0 Å². The van der Waals surface area contributed by atoms with Crippen molar-refractivity contribution in [3.8, 4) is 5.75 Å². The summed E-state index contributed by atoms with van der Waals surface area (Å²) in [5, 5.41) is 0. The Kier molecular flexibility index (Phi) is 2.80. The quantitative estimate of drug-likeness (QED) is 0.633. The number of hydrogen-bond acceptors (Lipinski definition) is 3. The van der Waals surface area contributed by atoms with Gasteiger partial charge in [0.1, 0.15) is 3.70 Å². The van der Waals surface area contributed by atoms with Gasteiger partial charge in [0.2, 0.25) is 0 Å². The van der Waals surface area contributed by atoms with E-state index < -0.39 is 0 Å². The first-order valence-electron chi connectivity index (χ1n) is 4.67. The van der Waals surface area contributed by atoms with Gasteiger partial charge in [-0.3, -0.25) is 0 Å². The van der Waals surface area contributed by atoms with Crippen LogP contribution < -0.4 is 9.64 Å². The molecule has 0 atom stereocenters. The molecule has 0 N–H and O–H groups in total. The van der Waals surface area contributed by atoms with Crippen molar-refractivity contribution in [3.63, 3.8) is 0 Å². The average Bonchev–Trinajstić information content (AvgIpc) is 2.91. The van der Waals surface area contributed by atoms with Gasteiger partial charge < -0.3 is 9.64 Å². The van der Waals surface area contributed by atoms with Gasteiger partial charge in [0.05, 0.1) is 11.8 Å². The summed E-state index contributed by atoms with van der Waals surface area (Å²) < 4.78 is 6.78. The minimum absolute atomic E-state index is 0.423. The number of pyridine rings is 1. The van der Waals surface area contributed by atoms with Crippen LogP contribution in [0.15, 0.2) is 12.3 Å². The molecule has 0 aliphatic heterocycles. The normalized spacial score (nSPS) is 15.4. The highest BCUT2D eigenvalue weighted by Gasteiger charge is 2.26. The summed E-state index contributed by atoms with van der Waals surface area (Å²) in [6, 6.07) is 1.99. The highest BCUT2D eigenvalue weighted by atomic mass is 127. The molecule has 1 aliphatic rings. The van der Waals surface area contributed by atoms with Crippen molar-refractivity contribution in [1.82, 2.24) is 4.98 Å². The Morgan fingerprint density at radius 1 is 1.50 bits per heavy atom. The minimum Gasteiger partial charge on any atom is -0.485 e. The van der Waals surface area contributed by atoms with Crippen LogP contribution in [0.5, 0.6) is 5.75 Å². The van der Waals surface area contributed by atoms with Crippen LogP contribution in [0.2, 0.25) is 0 Å². The van der Waals surface area contributed by atoms with Crippen LogP contribution in [0.25, 0.3) is 0 Å². The highest BCUT2D eigenvalue weighted by Crippen LogP contribution is 2.35. The second-order valence-corrected chi connectivity index (χ2v) is 4.68. The number of nitrogens with zero attached hydrogens (tertiary/aromatic N) is 2. The Bertz CT molecular complexity index is 337. The Labute approximate surface area is 97.6 Å². The fourth-order valence-corrected chi connectivity index (χ4v) is 1.79. The summed E-state index contributed by atoms with van der Waals surface area (Å²) in [6.45, 7) is 0. The zero-order valence-electron chi connectivity index (χ0n) is 8.33. The third-order valence-corrected chi connectivity index (χ3v) is 2.90. The molecule has 0 saturated heterocycles. The van der Waals surface area contributed by atoms with E-state index in [1.54, 1.807) is 0 Å². The maximum Gasteiger partial charge on any atom is 0.174 e. The van der Waals surface area contributed by atoms with Gasteiger partial charge in [0, 0.05) is 20.3 Å². The molecule has 2 rings (SSSR count). The first-order chi connectivity index (χ1) is 6.68. The van der Waals surface area contributed by atoms with Crippen LogP contribution in [-0.2, 0) is 0 Å². The number of halogens is 1. The third kappa shape index (κ3) is 2.10. The van der Waals surface area contributed by atoms with Gasteiger partial charge in [0.15, 0.2) is 5.75 Å². The molecule has 4 heteroatoms. The van der Waals surface area contributed by atoms with E-state index in [2.05, 4.69) is 32.5 Å². The third-order valence-electron chi connectivity index (χ3n) is 2.13. The number of anilines is 1. The predicted octanol–water partition coefficient (Wildman–Crippen LogP) is 2.29. The summed E-state index contributed by atoms with van der Waals surface area (Å²) in [4.78, 5) is 6.30. The second-order valence-electron chi connectivity index (χ2n) is 3.66. The molecule has 0 aromatic carbocycles. The van der Waals surface area contributed by atoms with Gasteiger partial charge in [-0.2, -0.15) is 0 Å². The van der Waals surface area contributed by atoms with Gasteiger partial charge in [0.25, 0.3) is 0 Å². The zero-order chi connectivity index (χ0) is 10.1. The molecule has 0 spiro atoms. The Morgan fingerprint density at radius 3 is 2.79 bits per heavy atom. The average molecular weight is 304 g/mol. The molecular formula is C10H13IN2O. The van der Waals surface area contributed by atoms with E-state index in [0.717, 1.165) is 15.1 Å². The molecular weight excluding hydrogens is 291 g/mol. The lowest BCUT2D eigenvalue weighted by atomic mass is 10.3. The number of rotatable bonds is 3. The highest BCUT2D eigenvalue weighted by molar-refractivity contribution is 14.1. The maximum atomic E-state index is 5.84. The molecule has 14 heavy (non-hydrogen) atoms. The minimum atomic E-state index is 0.423. The molecule has 0 bridgehead atoms. The SMILES string of the molecule is CN(C)c1ccnc(I)c1OC1CC1. The molecule has 1 saturated carbocycles. The van der Waals surface area contributed by atoms with E-state index in [4.69, 9.17) is 4.74 Å². The monoisotopic (exact) mass is 304 g/mol. The topological polar surface area (TPSA) is 25.4 Å². The molecule has 0 radical (unpaired) electrons. The molecule has 1 aromatic heterocycles. The molecule has 1 fully saturated rings. The standard InChI is InChI=1S/C10H13IN2O/c1-13(2)8-5-6-12-10(11)9(8)14-7-3-4-7/h5-7H,3-4H2,1-2H3. The van der Waals surface area contributed by atoms with E-state index in [1.807, 2.05) is 26.4 Å². The van der Waals surface area contributed by atoms with E-state index in [1.165, 1.54) is 12.8 Å². The summed E-state index contributed by atoms with van der Waals surface area (Å²) >= 11 is 2.22. The Morgan fingerprint density at radius 2 is 2.21 bits per heavy atom. The number of ether oxygens (including phenoxy) is 1. The van der Waals surface area contributed by atoms with Crippen molar-refractivity contribution < 1.29 is 4.74 Å². The zero-order valence-corrected chi connectivity index (χ0v) is 10.5. The van der Waals surface area contributed by atoms with Crippen LogP contribution in [0.3, 0.4) is 0 Å². The van der Waals surface area contributed by atoms with Crippen LogP contribution >= 0.6 is 22.6 Å². The number of aromatic nitrogens is 1. The molecule has 0 amide bonds. The molecule has 76 valence electrons. The molecule has 3 nitrogen and oxygen atoms in total. The van der Waals surface area contributed by atoms with Crippen LogP contribution in [-0.4, -0.2) is 25.2 Å². The van der Waals surface area contributed by atoms with E-state index in [-0.39, 0.29) is 0 Å². The summed E-state index contributed by atoms with van der Waals surface area (Å²) in [6.07, 6.45) is 4.60. The van der Waals surface area contributed by atoms with Crippen molar-refractivity contribution in [2.24, 2.45) is 0 Å². The van der Waals surface area contributed by atoms with Gasteiger partial charge >= 0.3 is 0 Å². The lowest BCUT2D eigenvalue weighted by molar-refractivity contribution is 0.300. The first-order valence-corrected chi connectivity index (χ1v) is 5.75. The maximum absolute atomic E-state index is 5.84. The fraction of sp³-hybridized carbons (Fsp3) is 0.500. The molecule has 1 aliphatic carbocycles. The van der Waals surface area contributed by atoms with E-state index in [9.17, 15) is 0 Å². The smallest absolute Gasteiger partial charge is 0.174 e.